The van der Waals surface area contributed by atoms with Crippen molar-refractivity contribution in [2.45, 2.75) is 0 Å². The molecule has 12 amide bonds. The van der Waals surface area contributed by atoms with Gasteiger partial charge in [-0.05, 0) is 0 Å². The van der Waals surface area contributed by atoms with Gasteiger partial charge in [-0.15, -0.1) is 0 Å². The van der Waals surface area contributed by atoms with Crippen molar-refractivity contribution >= 4 is 53.5 Å². The number of rotatable bonds is 0. The number of carbonyl (C=O) groups excluding carboxylic acids is 9. The number of barbiturate groups is 3. The first-order valence-electron chi connectivity index (χ1n) is 9.45. The maximum Gasteiger partial charge on any atom is 0.332 e. The molecule has 33 heavy (non-hydrogen) atoms. The van der Waals surface area contributed by atoms with Gasteiger partial charge in [0.2, 0.25) is 35.4 Å². The predicted octanol–water partition coefficient (Wildman–Crippen LogP) is -2.89. The lowest BCUT2D eigenvalue weighted by Gasteiger charge is -2.38. The van der Waals surface area contributed by atoms with Gasteiger partial charge in [-0.2, -0.15) is 0 Å². The van der Waals surface area contributed by atoms with Gasteiger partial charge in [0, 0.05) is 42.3 Å². The molecule has 3 saturated heterocycles. The molecule has 0 atom stereocenters. The standard InChI is InChI=1S/C18H18N6O9/c1-19-7(25)16(8(26)20(2)13(19)31)17(9(27)21(3)14(32)22(4)10(17)28)18(16)11(29)23(5)15(33)24(6)12(18)30/h1-6H3. The fourth-order valence-electron chi connectivity index (χ4n) is 5.47. The highest BCUT2D eigenvalue weighted by Crippen LogP contribution is 2.83. The lowest BCUT2D eigenvalue weighted by Crippen LogP contribution is -2.66. The first-order valence-corrected chi connectivity index (χ1v) is 9.45. The van der Waals surface area contributed by atoms with E-state index in [0.717, 1.165) is 42.3 Å². The van der Waals surface area contributed by atoms with Gasteiger partial charge in [-0.1, -0.05) is 0 Å². The Bertz CT molecular complexity index is 947. The van der Waals surface area contributed by atoms with Crippen LogP contribution in [0.4, 0.5) is 14.4 Å². The molecule has 3 heterocycles. The van der Waals surface area contributed by atoms with E-state index in [0.29, 0.717) is 29.4 Å². The lowest BCUT2D eigenvalue weighted by atomic mass is 9.85. The summed E-state index contributed by atoms with van der Waals surface area (Å²) in [6.07, 6.45) is 0. The number of fused-ring (bicyclic) bond motifs is 3. The summed E-state index contributed by atoms with van der Waals surface area (Å²) in [5, 5.41) is 0. The van der Waals surface area contributed by atoms with Crippen molar-refractivity contribution in [3.8, 4) is 0 Å². The highest BCUT2D eigenvalue weighted by molar-refractivity contribution is 6.45. The Labute approximate surface area is 185 Å². The van der Waals surface area contributed by atoms with Crippen molar-refractivity contribution in [2.24, 2.45) is 16.2 Å². The predicted molar refractivity (Wildman–Crippen MR) is 100 cm³/mol. The molecule has 15 nitrogen and oxygen atoms in total. The number of carbonyl (C=O) groups is 9. The van der Waals surface area contributed by atoms with Gasteiger partial charge in [0.25, 0.3) is 0 Å². The van der Waals surface area contributed by atoms with E-state index >= 15 is 0 Å². The molecule has 0 aromatic carbocycles. The van der Waals surface area contributed by atoms with Crippen LogP contribution in [-0.4, -0.2) is 125 Å². The molecule has 0 radical (unpaired) electrons. The molecule has 1 aliphatic carbocycles. The maximum absolute atomic E-state index is 13.6. The second-order valence-corrected chi connectivity index (χ2v) is 8.28. The summed E-state index contributed by atoms with van der Waals surface area (Å²) in [7, 11) is 5.68. The average Bonchev–Trinajstić information content (AvgIpc) is 3.39. The first-order chi connectivity index (χ1) is 15.1. The Morgan fingerprint density at radius 1 is 0.333 bits per heavy atom. The van der Waals surface area contributed by atoms with Crippen LogP contribution in [-0.2, 0) is 28.8 Å². The molecular weight excluding hydrogens is 444 g/mol. The fraction of sp³-hybridized carbons (Fsp3) is 0.500. The number of amides is 12. The number of urea groups is 3. The van der Waals surface area contributed by atoms with Crippen molar-refractivity contribution < 1.29 is 43.2 Å². The van der Waals surface area contributed by atoms with Crippen molar-refractivity contribution in [3.05, 3.63) is 0 Å². The summed E-state index contributed by atoms with van der Waals surface area (Å²) >= 11 is 0. The number of nitrogens with zero attached hydrogens (tertiary/aromatic N) is 6. The summed E-state index contributed by atoms with van der Waals surface area (Å²) in [6, 6.07) is -3.39. The summed E-state index contributed by atoms with van der Waals surface area (Å²) in [5.41, 5.74) is -9.11. The molecule has 4 aliphatic rings. The summed E-state index contributed by atoms with van der Waals surface area (Å²) in [4.78, 5) is 121. The highest BCUT2D eigenvalue weighted by Gasteiger charge is 3.09. The molecule has 3 aliphatic heterocycles. The third-order valence-corrected chi connectivity index (χ3v) is 7.10. The van der Waals surface area contributed by atoms with Gasteiger partial charge in [0.15, 0.2) is 16.2 Å². The van der Waals surface area contributed by atoms with Gasteiger partial charge in [-0.25, -0.2) is 14.4 Å². The fourth-order valence-corrected chi connectivity index (χ4v) is 5.47. The van der Waals surface area contributed by atoms with Crippen LogP contribution in [0.3, 0.4) is 0 Å². The van der Waals surface area contributed by atoms with E-state index in [2.05, 4.69) is 0 Å². The van der Waals surface area contributed by atoms with Crippen LogP contribution in [0.15, 0.2) is 0 Å². The van der Waals surface area contributed by atoms with Crippen LogP contribution in [0.25, 0.3) is 0 Å². The van der Waals surface area contributed by atoms with Gasteiger partial charge in [-0.3, -0.25) is 58.2 Å². The van der Waals surface area contributed by atoms with Gasteiger partial charge < -0.3 is 0 Å². The molecule has 4 rings (SSSR count). The third kappa shape index (κ3) is 1.69. The van der Waals surface area contributed by atoms with E-state index in [9.17, 15) is 43.2 Å². The smallest absolute Gasteiger partial charge is 0.273 e. The molecule has 174 valence electrons. The zero-order chi connectivity index (χ0) is 25.2. The molecule has 0 aromatic heterocycles. The van der Waals surface area contributed by atoms with Gasteiger partial charge in [0.1, 0.15) is 0 Å². The van der Waals surface area contributed by atoms with Crippen molar-refractivity contribution in [1.29, 1.82) is 0 Å². The van der Waals surface area contributed by atoms with Crippen LogP contribution in [0.1, 0.15) is 0 Å². The number of imide groups is 6. The van der Waals surface area contributed by atoms with E-state index < -0.39 is 69.8 Å². The Morgan fingerprint density at radius 2 is 0.455 bits per heavy atom. The zero-order valence-corrected chi connectivity index (χ0v) is 18.4. The minimum atomic E-state index is -3.04. The molecule has 3 spiro atoms. The average molecular weight is 462 g/mol. The molecule has 4 fully saturated rings. The minimum absolute atomic E-state index is 0.409. The molecule has 0 bridgehead atoms. The second-order valence-electron chi connectivity index (χ2n) is 8.28. The van der Waals surface area contributed by atoms with Crippen molar-refractivity contribution in [2.75, 3.05) is 42.3 Å². The van der Waals surface area contributed by atoms with Crippen LogP contribution in [0.2, 0.25) is 0 Å². The molecule has 1 saturated carbocycles. The van der Waals surface area contributed by atoms with Crippen LogP contribution >= 0.6 is 0 Å². The molecule has 0 unspecified atom stereocenters. The zero-order valence-electron chi connectivity index (χ0n) is 18.4. The summed E-state index contributed by atoms with van der Waals surface area (Å²) in [6.45, 7) is 0. The Kier molecular flexibility index (Phi) is 3.87. The first kappa shape index (κ1) is 22.0. The Morgan fingerprint density at radius 3 is 0.576 bits per heavy atom. The Balaban J connectivity index is 2.19. The normalized spacial score (nSPS) is 26.2. The Hall–Kier alpha value is -4.17. The highest BCUT2D eigenvalue weighted by atomic mass is 16.2. The van der Waals surface area contributed by atoms with Crippen molar-refractivity contribution in [3.63, 3.8) is 0 Å². The topological polar surface area (TPSA) is 173 Å². The molecule has 0 aromatic rings. The van der Waals surface area contributed by atoms with E-state index in [1.54, 1.807) is 0 Å². The maximum atomic E-state index is 13.6. The quantitative estimate of drug-likeness (QED) is 0.342. The second kappa shape index (κ2) is 5.79. The van der Waals surface area contributed by atoms with E-state index in [1.807, 2.05) is 0 Å². The number of hydrogen-bond donors (Lipinski definition) is 0. The van der Waals surface area contributed by atoms with Crippen LogP contribution in [0, 0.1) is 16.2 Å². The van der Waals surface area contributed by atoms with E-state index in [1.165, 1.54) is 0 Å². The molecular formula is C18H18N6O9. The molecule has 15 heteroatoms. The van der Waals surface area contributed by atoms with Crippen molar-refractivity contribution in [1.82, 2.24) is 29.4 Å². The minimum Gasteiger partial charge on any atom is -0.273 e. The van der Waals surface area contributed by atoms with Gasteiger partial charge in [0.05, 0.1) is 0 Å². The SMILES string of the molecule is CN1C(=O)N(C)C(=O)C2(C1=O)C1(C(=O)N(C)C(=O)N(C)C1=O)C21C(=O)N(C)C(=O)N(C)C1=O. The molecule has 0 N–H and O–H groups in total. The third-order valence-electron chi connectivity index (χ3n) is 7.10. The van der Waals surface area contributed by atoms with Gasteiger partial charge >= 0.3 is 18.1 Å². The largest absolute Gasteiger partial charge is 0.332 e. The monoisotopic (exact) mass is 462 g/mol. The lowest BCUT2D eigenvalue weighted by molar-refractivity contribution is -0.163. The van der Waals surface area contributed by atoms with E-state index in [-0.39, 0.29) is 0 Å². The van der Waals surface area contributed by atoms with Crippen LogP contribution < -0.4 is 0 Å². The van der Waals surface area contributed by atoms with E-state index in [4.69, 9.17) is 0 Å². The number of hydrogen-bond acceptors (Lipinski definition) is 9. The summed E-state index contributed by atoms with van der Waals surface area (Å²) in [5.74, 6) is -8.72. The summed E-state index contributed by atoms with van der Waals surface area (Å²) < 4.78 is 0. The van der Waals surface area contributed by atoms with Crippen LogP contribution in [0.5, 0.6) is 0 Å².